The van der Waals surface area contributed by atoms with Gasteiger partial charge < -0.3 is 5.32 Å². The maximum Gasteiger partial charge on any atom is 0.220 e. The Balaban J connectivity index is 3.07. The van der Waals surface area contributed by atoms with Crippen LogP contribution in [0.1, 0.15) is 116 Å². The highest BCUT2D eigenvalue weighted by Gasteiger charge is 2.00. The number of rotatable bonds is 18. The van der Waals surface area contributed by atoms with E-state index in [2.05, 4.69) is 12.2 Å². The van der Waals surface area contributed by atoms with Crippen molar-refractivity contribution in [2.45, 2.75) is 116 Å². The molecule has 140 valence electrons. The molecule has 0 aliphatic rings. The van der Waals surface area contributed by atoms with E-state index in [1.807, 2.05) is 6.07 Å². The van der Waals surface area contributed by atoms with Gasteiger partial charge in [-0.1, -0.05) is 96.8 Å². The van der Waals surface area contributed by atoms with Gasteiger partial charge in [-0.05, 0) is 6.42 Å². The van der Waals surface area contributed by atoms with Crippen molar-refractivity contribution in [2.24, 2.45) is 0 Å². The van der Waals surface area contributed by atoms with Crippen molar-refractivity contribution >= 4 is 5.91 Å². The molecule has 0 saturated heterocycles. The van der Waals surface area contributed by atoms with Crippen LogP contribution in [0, 0.1) is 11.3 Å². The minimum Gasteiger partial charge on any atom is -0.355 e. The van der Waals surface area contributed by atoms with Crippen molar-refractivity contribution in [3.63, 3.8) is 0 Å². The van der Waals surface area contributed by atoms with Crippen LogP contribution in [0.25, 0.3) is 0 Å². The number of hydrogen-bond donors (Lipinski definition) is 1. The molecule has 0 aromatic rings. The predicted octanol–water partition coefficient (Wildman–Crippen LogP) is 6.28. The van der Waals surface area contributed by atoms with Gasteiger partial charge in [0.15, 0.2) is 0 Å². The molecule has 0 aromatic heterocycles. The number of hydrogen-bond acceptors (Lipinski definition) is 2. The summed E-state index contributed by atoms with van der Waals surface area (Å²) in [7, 11) is 0. The molecule has 0 saturated carbocycles. The highest BCUT2D eigenvalue weighted by molar-refractivity contribution is 5.75. The second-order valence-electron chi connectivity index (χ2n) is 6.96. The molecule has 3 heteroatoms. The van der Waals surface area contributed by atoms with Gasteiger partial charge in [-0.25, -0.2) is 0 Å². The topological polar surface area (TPSA) is 52.9 Å². The number of unbranched alkanes of at least 4 members (excludes halogenated alkanes) is 14. The molecule has 0 aliphatic carbocycles. The number of carbonyl (C=O) groups is 1. The molecule has 1 N–H and O–H groups in total. The predicted molar refractivity (Wildman–Crippen MR) is 103 cm³/mol. The third kappa shape index (κ3) is 19.0. The molecule has 0 radical (unpaired) electrons. The van der Waals surface area contributed by atoms with Crippen LogP contribution in [0.4, 0.5) is 0 Å². The molecular weight excluding hydrogens is 296 g/mol. The molecule has 0 heterocycles. The van der Waals surface area contributed by atoms with Gasteiger partial charge in [-0.15, -0.1) is 0 Å². The van der Waals surface area contributed by atoms with Gasteiger partial charge in [0.2, 0.25) is 5.91 Å². The molecule has 0 spiro atoms. The van der Waals surface area contributed by atoms with Crippen LogP contribution in [0.5, 0.6) is 0 Å². The Hall–Kier alpha value is -1.04. The lowest BCUT2D eigenvalue weighted by atomic mass is 10.0. The molecule has 0 bridgehead atoms. The summed E-state index contributed by atoms with van der Waals surface area (Å²) in [5.41, 5.74) is 0. The monoisotopic (exact) mass is 336 g/mol. The van der Waals surface area contributed by atoms with E-state index in [9.17, 15) is 4.79 Å². The molecule has 24 heavy (non-hydrogen) atoms. The lowest BCUT2D eigenvalue weighted by Gasteiger charge is -2.04. The van der Waals surface area contributed by atoms with Crippen molar-refractivity contribution in [1.82, 2.24) is 5.32 Å². The lowest BCUT2D eigenvalue weighted by Crippen LogP contribution is -2.23. The van der Waals surface area contributed by atoms with Crippen LogP contribution in [0.15, 0.2) is 0 Å². The van der Waals surface area contributed by atoms with Gasteiger partial charge in [0.1, 0.15) is 0 Å². The average molecular weight is 337 g/mol. The van der Waals surface area contributed by atoms with E-state index in [0.717, 1.165) is 12.8 Å². The van der Waals surface area contributed by atoms with Gasteiger partial charge in [0.05, 0.1) is 12.5 Å². The van der Waals surface area contributed by atoms with Crippen LogP contribution >= 0.6 is 0 Å². The van der Waals surface area contributed by atoms with E-state index in [1.165, 1.54) is 83.5 Å². The van der Waals surface area contributed by atoms with Crippen LogP contribution in [-0.2, 0) is 4.79 Å². The zero-order chi connectivity index (χ0) is 17.7. The fourth-order valence-corrected chi connectivity index (χ4v) is 3.00. The molecule has 0 rings (SSSR count). The van der Waals surface area contributed by atoms with Crippen molar-refractivity contribution in [3.05, 3.63) is 0 Å². The summed E-state index contributed by atoms with van der Waals surface area (Å²) < 4.78 is 0. The summed E-state index contributed by atoms with van der Waals surface area (Å²) in [6.07, 6.45) is 21.2. The number of nitriles is 1. The summed E-state index contributed by atoms with van der Waals surface area (Å²) in [4.78, 5) is 11.4. The minimum absolute atomic E-state index is 0.0972. The molecule has 0 unspecified atom stereocenters. The molecule has 0 atom stereocenters. The standard InChI is InChI=1S/C21H40N2O/c1-2-3-4-5-6-7-8-9-10-11-12-13-14-15-16-18-21(24)23-20-17-19-22/h2-18,20H2,1H3,(H,23,24). The maximum atomic E-state index is 11.4. The summed E-state index contributed by atoms with van der Waals surface area (Å²) in [5.74, 6) is 0.0972. The first-order valence-electron chi connectivity index (χ1n) is 10.4. The fourth-order valence-electron chi connectivity index (χ4n) is 3.00. The van der Waals surface area contributed by atoms with E-state index in [-0.39, 0.29) is 5.91 Å². The second-order valence-corrected chi connectivity index (χ2v) is 6.96. The largest absolute Gasteiger partial charge is 0.355 e. The molecule has 0 aromatic carbocycles. The van der Waals surface area contributed by atoms with Crippen molar-refractivity contribution in [3.8, 4) is 6.07 Å². The van der Waals surface area contributed by atoms with Crippen LogP contribution < -0.4 is 5.32 Å². The van der Waals surface area contributed by atoms with Crippen molar-refractivity contribution in [1.29, 1.82) is 5.26 Å². The zero-order valence-electron chi connectivity index (χ0n) is 16.1. The van der Waals surface area contributed by atoms with E-state index in [4.69, 9.17) is 5.26 Å². The molecular formula is C21H40N2O. The number of amides is 1. The summed E-state index contributed by atoms with van der Waals surface area (Å²) >= 11 is 0. The number of nitrogens with zero attached hydrogens (tertiary/aromatic N) is 1. The fraction of sp³-hybridized carbons (Fsp3) is 0.905. The van der Waals surface area contributed by atoms with Gasteiger partial charge in [-0.3, -0.25) is 4.79 Å². The number of nitrogens with one attached hydrogen (secondary N) is 1. The van der Waals surface area contributed by atoms with Crippen LogP contribution in [-0.4, -0.2) is 12.5 Å². The highest BCUT2D eigenvalue weighted by atomic mass is 16.1. The van der Waals surface area contributed by atoms with Gasteiger partial charge in [0, 0.05) is 13.0 Å². The van der Waals surface area contributed by atoms with Crippen LogP contribution in [0.3, 0.4) is 0 Å². The molecule has 3 nitrogen and oxygen atoms in total. The van der Waals surface area contributed by atoms with E-state index < -0.39 is 0 Å². The lowest BCUT2D eigenvalue weighted by molar-refractivity contribution is -0.121. The number of carbonyl (C=O) groups excluding carboxylic acids is 1. The first-order chi connectivity index (χ1) is 11.8. The molecule has 0 aliphatic heterocycles. The summed E-state index contributed by atoms with van der Waals surface area (Å²) in [6, 6.07) is 2.03. The Labute approximate surface area is 150 Å². The van der Waals surface area contributed by atoms with Gasteiger partial charge in [0.25, 0.3) is 0 Å². The smallest absolute Gasteiger partial charge is 0.220 e. The van der Waals surface area contributed by atoms with Crippen molar-refractivity contribution in [2.75, 3.05) is 6.54 Å². The highest BCUT2D eigenvalue weighted by Crippen LogP contribution is 2.13. The zero-order valence-corrected chi connectivity index (χ0v) is 16.1. The average Bonchev–Trinajstić information content (AvgIpc) is 2.58. The Morgan fingerprint density at radius 2 is 1.17 bits per heavy atom. The Morgan fingerprint density at radius 3 is 1.58 bits per heavy atom. The summed E-state index contributed by atoms with van der Waals surface area (Å²) in [6.45, 7) is 2.77. The van der Waals surface area contributed by atoms with Gasteiger partial charge in [-0.2, -0.15) is 5.26 Å². The van der Waals surface area contributed by atoms with E-state index >= 15 is 0 Å². The minimum atomic E-state index is 0.0972. The summed E-state index contributed by atoms with van der Waals surface area (Å²) in [5, 5.41) is 11.2. The van der Waals surface area contributed by atoms with E-state index in [0.29, 0.717) is 19.4 Å². The van der Waals surface area contributed by atoms with Crippen molar-refractivity contribution < 1.29 is 4.79 Å². The van der Waals surface area contributed by atoms with Crippen LogP contribution in [0.2, 0.25) is 0 Å². The normalized spacial score (nSPS) is 10.5. The third-order valence-corrected chi connectivity index (χ3v) is 4.57. The van der Waals surface area contributed by atoms with Gasteiger partial charge >= 0.3 is 0 Å². The first kappa shape index (κ1) is 23.0. The first-order valence-corrected chi connectivity index (χ1v) is 10.4. The SMILES string of the molecule is CCCCCCCCCCCCCCCCCC(=O)NCCC#N. The maximum absolute atomic E-state index is 11.4. The molecule has 0 fully saturated rings. The third-order valence-electron chi connectivity index (χ3n) is 4.57. The quantitative estimate of drug-likeness (QED) is 0.299. The Bertz CT molecular complexity index is 309. The Morgan fingerprint density at radius 1 is 0.750 bits per heavy atom. The Kier molecular flexibility index (Phi) is 19.1. The molecule has 1 amide bonds. The second kappa shape index (κ2) is 20.0. The van der Waals surface area contributed by atoms with E-state index in [1.54, 1.807) is 0 Å².